The number of allylic oxidation sites excluding steroid dienone is 4. The Labute approximate surface area is 163 Å². The first-order chi connectivity index (χ1) is 12.5. The lowest BCUT2D eigenvalue weighted by Gasteiger charge is -2.47. The molecule has 2 heterocycles. The molecule has 0 fully saturated rings. The zero-order valence-corrected chi connectivity index (χ0v) is 17.4. The Bertz CT molecular complexity index is 909. The monoisotopic (exact) mass is 362 g/mol. The molecule has 142 valence electrons. The molecule has 2 aliphatic rings. The van der Waals surface area contributed by atoms with E-state index in [4.69, 9.17) is 10.1 Å². The zero-order chi connectivity index (χ0) is 20.1. The van der Waals surface area contributed by atoms with E-state index < -0.39 is 0 Å². The van der Waals surface area contributed by atoms with Crippen LogP contribution in [0, 0.1) is 10.8 Å². The fourth-order valence-corrected chi connectivity index (χ4v) is 3.99. The summed E-state index contributed by atoms with van der Waals surface area (Å²) in [6.45, 7) is 19.1. The Morgan fingerprint density at radius 1 is 1.26 bits per heavy atom. The first-order valence-corrected chi connectivity index (χ1v) is 9.38. The van der Waals surface area contributed by atoms with Crippen molar-refractivity contribution in [1.29, 1.82) is 5.41 Å². The van der Waals surface area contributed by atoms with E-state index in [0.717, 1.165) is 45.7 Å². The van der Waals surface area contributed by atoms with Crippen molar-refractivity contribution in [3.8, 4) is 5.75 Å². The average molecular weight is 363 g/mol. The van der Waals surface area contributed by atoms with Crippen LogP contribution >= 0.6 is 0 Å². The summed E-state index contributed by atoms with van der Waals surface area (Å²) in [4.78, 5) is 2.39. The molecular formula is C24H30N2O. The number of nitrogens with zero attached hydrogens (tertiary/aromatic N) is 1. The third-order valence-corrected chi connectivity index (χ3v) is 5.52. The van der Waals surface area contributed by atoms with E-state index in [-0.39, 0.29) is 5.41 Å². The van der Waals surface area contributed by atoms with Gasteiger partial charge in [0.15, 0.2) is 0 Å². The van der Waals surface area contributed by atoms with Crippen molar-refractivity contribution in [3.63, 3.8) is 0 Å². The maximum Gasteiger partial charge on any atom is 0.128 e. The van der Waals surface area contributed by atoms with Crippen LogP contribution in [0.25, 0.3) is 5.70 Å². The van der Waals surface area contributed by atoms with Gasteiger partial charge in [-0.05, 0) is 66.2 Å². The Morgan fingerprint density at radius 2 is 1.93 bits per heavy atom. The number of hydrogen-bond acceptors (Lipinski definition) is 3. The molecular weight excluding hydrogens is 332 g/mol. The fourth-order valence-electron chi connectivity index (χ4n) is 3.99. The van der Waals surface area contributed by atoms with Crippen LogP contribution in [0.5, 0.6) is 5.75 Å². The quantitative estimate of drug-likeness (QED) is 0.697. The van der Waals surface area contributed by atoms with Gasteiger partial charge >= 0.3 is 0 Å². The standard InChI is InChI=1S/C24H30N2O/c1-14(2)20-13-26-21(9-15(20)3)19-12-22(27-8)18(16(4)25)10-17(19)11-23(26)24(5,6)7/h9-10,12-13,23,25H,1,3,11H2,2,4-8H3. The average Bonchev–Trinajstić information content (AvgIpc) is 2.58. The van der Waals surface area contributed by atoms with Gasteiger partial charge in [0.2, 0.25) is 0 Å². The van der Waals surface area contributed by atoms with Crippen molar-refractivity contribution in [3.05, 3.63) is 71.0 Å². The maximum atomic E-state index is 8.12. The summed E-state index contributed by atoms with van der Waals surface area (Å²) in [5.41, 5.74) is 8.18. The van der Waals surface area contributed by atoms with E-state index in [1.165, 1.54) is 5.56 Å². The molecule has 0 bridgehead atoms. The molecule has 27 heavy (non-hydrogen) atoms. The number of hydrogen-bond donors (Lipinski definition) is 1. The Morgan fingerprint density at radius 3 is 2.44 bits per heavy atom. The first kappa shape index (κ1) is 19.2. The van der Waals surface area contributed by atoms with Gasteiger partial charge in [0, 0.05) is 34.8 Å². The second-order valence-electron chi connectivity index (χ2n) is 8.71. The molecule has 0 spiro atoms. The molecule has 0 saturated carbocycles. The Balaban J connectivity index is 2.25. The van der Waals surface area contributed by atoms with E-state index in [1.807, 2.05) is 13.8 Å². The van der Waals surface area contributed by atoms with Crippen LogP contribution in [0.3, 0.4) is 0 Å². The van der Waals surface area contributed by atoms with Crippen molar-refractivity contribution in [2.45, 2.75) is 47.1 Å². The van der Waals surface area contributed by atoms with Crippen LogP contribution < -0.4 is 4.74 Å². The van der Waals surface area contributed by atoms with Crippen molar-refractivity contribution in [1.82, 2.24) is 4.90 Å². The summed E-state index contributed by atoms with van der Waals surface area (Å²) in [6.07, 6.45) is 5.30. The van der Waals surface area contributed by atoms with E-state index in [1.54, 1.807) is 7.11 Å². The van der Waals surface area contributed by atoms with Gasteiger partial charge in [-0.15, -0.1) is 0 Å². The molecule has 0 amide bonds. The van der Waals surface area contributed by atoms with Crippen LogP contribution in [0.4, 0.5) is 0 Å². The van der Waals surface area contributed by atoms with Gasteiger partial charge in [-0.25, -0.2) is 0 Å². The second kappa shape index (κ2) is 6.56. The van der Waals surface area contributed by atoms with Crippen LogP contribution in [-0.2, 0) is 6.42 Å². The fraction of sp³-hybridized carbons (Fsp3) is 0.375. The number of benzene rings is 1. The lowest BCUT2D eigenvalue weighted by Crippen LogP contribution is -2.45. The molecule has 3 nitrogen and oxygen atoms in total. The molecule has 1 atom stereocenters. The first-order valence-electron chi connectivity index (χ1n) is 9.38. The third kappa shape index (κ3) is 3.27. The highest BCUT2D eigenvalue weighted by atomic mass is 16.5. The minimum atomic E-state index is 0.0892. The second-order valence-corrected chi connectivity index (χ2v) is 8.71. The van der Waals surface area contributed by atoms with E-state index in [9.17, 15) is 0 Å². The van der Waals surface area contributed by atoms with Gasteiger partial charge in [-0.3, -0.25) is 0 Å². The molecule has 2 aliphatic heterocycles. The normalized spacial score (nSPS) is 19.0. The SMILES string of the molecule is C=C(C)C1=CN2C(=CC1=C)c1cc(OC)c(C(C)=N)cc1CC2C(C)(C)C. The van der Waals surface area contributed by atoms with Crippen LogP contribution in [0.1, 0.15) is 51.3 Å². The highest BCUT2D eigenvalue weighted by Crippen LogP contribution is 2.45. The predicted molar refractivity (Wildman–Crippen MR) is 114 cm³/mol. The van der Waals surface area contributed by atoms with Crippen molar-refractivity contribution < 1.29 is 4.74 Å². The largest absolute Gasteiger partial charge is 0.496 e. The highest BCUT2D eigenvalue weighted by molar-refractivity contribution is 5.99. The maximum absolute atomic E-state index is 8.12. The number of methoxy groups -OCH3 is 1. The van der Waals surface area contributed by atoms with Gasteiger partial charge < -0.3 is 15.0 Å². The van der Waals surface area contributed by atoms with Gasteiger partial charge in [0.05, 0.1) is 7.11 Å². The summed E-state index contributed by atoms with van der Waals surface area (Å²) in [5, 5.41) is 8.12. The predicted octanol–water partition coefficient (Wildman–Crippen LogP) is 5.73. The Kier molecular flexibility index (Phi) is 4.67. The van der Waals surface area contributed by atoms with Crippen molar-refractivity contribution >= 4 is 11.4 Å². The lowest BCUT2D eigenvalue weighted by atomic mass is 9.76. The summed E-state index contributed by atoms with van der Waals surface area (Å²) in [6, 6.07) is 4.52. The highest BCUT2D eigenvalue weighted by Gasteiger charge is 2.38. The van der Waals surface area contributed by atoms with Crippen molar-refractivity contribution in [2.75, 3.05) is 7.11 Å². The van der Waals surface area contributed by atoms with E-state index in [2.05, 4.69) is 63.2 Å². The van der Waals surface area contributed by atoms with E-state index >= 15 is 0 Å². The summed E-state index contributed by atoms with van der Waals surface area (Å²) in [7, 11) is 1.67. The Hall–Kier alpha value is -2.55. The van der Waals surface area contributed by atoms with Crippen molar-refractivity contribution in [2.24, 2.45) is 5.41 Å². The van der Waals surface area contributed by atoms with Crippen LogP contribution in [-0.4, -0.2) is 23.8 Å². The smallest absolute Gasteiger partial charge is 0.128 e. The number of rotatable bonds is 3. The van der Waals surface area contributed by atoms with Gasteiger partial charge in [-0.1, -0.05) is 33.9 Å². The molecule has 1 aromatic carbocycles. The van der Waals surface area contributed by atoms with Gasteiger partial charge in [-0.2, -0.15) is 0 Å². The minimum absolute atomic E-state index is 0.0892. The molecule has 3 heteroatoms. The van der Waals surface area contributed by atoms with Crippen LogP contribution in [0.2, 0.25) is 0 Å². The summed E-state index contributed by atoms with van der Waals surface area (Å²) >= 11 is 0. The lowest BCUT2D eigenvalue weighted by molar-refractivity contribution is 0.189. The van der Waals surface area contributed by atoms with E-state index in [0.29, 0.717) is 11.8 Å². The molecule has 1 N–H and O–H groups in total. The van der Waals surface area contributed by atoms with Gasteiger partial charge in [0.1, 0.15) is 5.75 Å². The minimum Gasteiger partial charge on any atom is -0.496 e. The topological polar surface area (TPSA) is 36.3 Å². The van der Waals surface area contributed by atoms with Gasteiger partial charge in [0.25, 0.3) is 0 Å². The summed E-state index contributed by atoms with van der Waals surface area (Å²) < 4.78 is 5.59. The molecule has 3 rings (SSSR count). The molecule has 1 aromatic rings. The summed E-state index contributed by atoms with van der Waals surface area (Å²) in [5.74, 6) is 0.747. The molecule has 1 unspecified atom stereocenters. The number of fused-ring (bicyclic) bond motifs is 3. The zero-order valence-electron chi connectivity index (χ0n) is 17.4. The molecule has 0 saturated heterocycles. The molecule has 0 radical (unpaired) electrons. The molecule has 0 aliphatic carbocycles. The number of ether oxygens (including phenoxy) is 1. The number of nitrogens with one attached hydrogen (secondary N) is 1. The third-order valence-electron chi connectivity index (χ3n) is 5.52. The molecule has 0 aromatic heterocycles. The van der Waals surface area contributed by atoms with Crippen LogP contribution in [0.15, 0.2) is 54.3 Å².